The average molecular weight is 245 g/mol. The van der Waals surface area contributed by atoms with Gasteiger partial charge in [-0.25, -0.2) is 0 Å². The van der Waals surface area contributed by atoms with Crippen molar-refractivity contribution in [2.75, 3.05) is 18.0 Å². The van der Waals surface area contributed by atoms with Crippen LogP contribution in [0.1, 0.15) is 37.8 Å². The SMILES string of the molecule is Cc1cccc(C(=N)N)c1N1CCCC(C)(C)C1. The summed E-state index contributed by atoms with van der Waals surface area (Å²) in [6.45, 7) is 8.83. The van der Waals surface area contributed by atoms with Crippen molar-refractivity contribution in [3.63, 3.8) is 0 Å². The van der Waals surface area contributed by atoms with Gasteiger partial charge in [0.1, 0.15) is 5.84 Å². The number of nitrogens with one attached hydrogen (secondary N) is 1. The molecule has 0 unspecified atom stereocenters. The Labute approximate surface area is 109 Å². The van der Waals surface area contributed by atoms with Gasteiger partial charge in [0.15, 0.2) is 0 Å². The number of hydrogen-bond acceptors (Lipinski definition) is 2. The fraction of sp³-hybridized carbons (Fsp3) is 0.533. The first kappa shape index (κ1) is 12.9. The molecule has 0 spiro atoms. The Morgan fingerprint density at radius 3 is 2.72 bits per heavy atom. The monoisotopic (exact) mass is 245 g/mol. The topological polar surface area (TPSA) is 53.1 Å². The molecule has 1 heterocycles. The van der Waals surface area contributed by atoms with Crippen molar-refractivity contribution in [2.45, 2.75) is 33.6 Å². The number of aryl methyl sites for hydroxylation is 1. The van der Waals surface area contributed by atoms with Gasteiger partial charge in [-0.3, -0.25) is 5.41 Å². The van der Waals surface area contributed by atoms with Crippen molar-refractivity contribution in [3.8, 4) is 0 Å². The van der Waals surface area contributed by atoms with Gasteiger partial charge in [-0.2, -0.15) is 0 Å². The van der Waals surface area contributed by atoms with Gasteiger partial charge >= 0.3 is 0 Å². The van der Waals surface area contributed by atoms with Crippen molar-refractivity contribution in [1.82, 2.24) is 0 Å². The Bertz CT molecular complexity index is 463. The average Bonchev–Trinajstić information content (AvgIpc) is 2.27. The highest BCUT2D eigenvalue weighted by Gasteiger charge is 2.28. The van der Waals surface area contributed by atoms with Crippen LogP contribution in [0.4, 0.5) is 5.69 Å². The maximum Gasteiger partial charge on any atom is 0.124 e. The minimum Gasteiger partial charge on any atom is -0.384 e. The lowest BCUT2D eigenvalue weighted by atomic mass is 9.83. The van der Waals surface area contributed by atoms with Crippen LogP contribution in [0.3, 0.4) is 0 Å². The number of hydrogen-bond donors (Lipinski definition) is 2. The maximum absolute atomic E-state index is 7.74. The van der Waals surface area contributed by atoms with Crippen LogP contribution in [-0.2, 0) is 0 Å². The highest BCUT2D eigenvalue weighted by Crippen LogP contribution is 2.34. The first-order valence-electron chi connectivity index (χ1n) is 6.60. The molecule has 0 saturated carbocycles. The van der Waals surface area contributed by atoms with Gasteiger partial charge in [0.25, 0.3) is 0 Å². The van der Waals surface area contributed by atoms with Crippen molar-refractivity contribution in [2.24, 2.45) is 11.1 Å². The molecule has 0 radical (unpaired) electrons. The predicted molar refractivity (Wildman–Crippen MR) is 77.4 cm³/mol. The van der Waals surface area contributed by atoms with Gasteiger partial charge in [-0.1, -0.05) is 26.0 Å². The lowest BCUT2D eigenvalue weighted by Gasteiger charge is -2.40. The largest absolute Gasteiger partial charge is 0.384 e. The molecule has 0 bridgehead atoms. The minimum atomic E-state index is 0.164. The van der Waals surface area contributed by atoms with Gasteiger partial charge in [-0.15, -0.1) is 0 Å². The number of nitrogens with two attached hydrogens (primary N) is 1. The summed E-state index contributed by atoms with van der Waals surface area (Å²) < 4.78 is 0. The van der Waals surface area contributed by atoms with E-state index < -0.39 is 0 Å². The van der Waals surface area contributed by atoms with E-state index in [1.165, 1.54) is 18.4 Å². The van der Waals surface area contributed by atoms with Crippen LogP contribution in [-0.4, -0.2) is 18.9 Å². The summed E-state index contributed by atoms with van der Waals surface area (Å²) in [7, 11) is 0. The van der Waals surface area contributed by atoms with Crippen LogP contribution in [0, 0.1) is 17.7 Å². The van der Waals surface area contributed by atoms with E-state index in [1.807, 2.05) is 12.1 Å². The molecule has 3 nitrogen and oxygen atoms in total. The second kappa shape index (κ2) is 4.63. The molecule has 1 aliphatic rings. The van der Waals surface area contributed by atoms with Gasteiger partial charge in [0.05, 0.1) is 5.69 Å². The highest BCUT2D eigenvalue weighted by atomic mass is 15.1. The van der Waals surface area contributed by atoms with E-state index in [4.69, 9.17) is 11.1 Å². The fourth-order valence-corrected chi connectivity index (χ4v) is 2.91. The number of nitrogen functional groups attached to an aromatic ring is 1. The summed E-state index contributed by atoms with van der Waals surface area (Å²) in [6, 6.07) is 6.03. The molecule has 0 aliphatic carbocycles. The molecule has 1 aromatic carbocycles. The minimum absolute atomic E-state index is 0.164. The zero-order valence-electron chi connectivity index (χ0n) is 11.6. The number of piperidine rings is 1. The number of anilines is 1. The second-order valence-corrected chi connectivity index (χ2v) is 6.07. The molecule has 1 aliphatic heterocycles. The Kier molecular flexibility index (Phi) is 3.33. The molecule has 1 aromatic rings. The van der Waals surface area contributed by atoms with Crippen molar-refractivity contribution in [3.05, 3.63) is 29.3 Å². The Morgan fingerprint density at radius 1 is 1.39 bits per heavy atom. The van der Waals surface area contributed by atoms with Crippen LogP contribution >= 0.6 is 0 Å². The second-order valence-electron chi connectivity index (χ2n) is 6.07. The van der Waals surface area contributed by atoms with Gasteiger partial charge in [-0.05, 0) is 36.8 Å². The molecule has 3 heteroatoms. The molecule has 1 saturated heterocycles. The van der Waals surface area contributed by atoms with E-state index in [1.54, 1.807) is 0 Å². The molecule has 18 heavy (non-hydrogen) atoms. The zero-order valence-corrected chi connectivity index (χ0v) is 11.6. The lowest BCUT2D eigenvalue weighted by Crippen LogP contribution is -2.41. The lowest BCUT2D eigenvalue weighted by molar-refractivity contribution is 0.293. The van der Waals surface area contributed by atoms with E-state index >= 15 is 0 Å². The molecule has 3 N–H and O–H groups in total. The third kappa shape index (κ3) is 2.50. The molecule has 2 rings (SSSR count). The summed E-state index contributed by atoms with van der Waals surface area (Å²) in [5.41, 5.74) is 9.28. The van der Waals surface area contributed by atoms with E-state index in [0.29, 0.717) is 5.41 Å². The summed E-state index contributed by atoms with van der Waals surface area (Å²) in [5, 5.41) is 7.74. The molecule has 0 amide bonds. The third-order valence-electron chi connectivity index (χ3n) is 3.74. The van der Waals surface area contributed by atoms with Crippen LogP contribution < -0.4 is 10.6 Å². The van der Waals surface area contributed by atoms with E-state index in [0.717, 1.165) is 24.3 Å². The molecular weight excluding hydrogens is 222 g/mol. The van der Waals surface area contributed by atoms with Crippen LogP contribution in [0.25, 0.3) is 0 Å². The molecule has 98 valence electrons. The van der Waals surface area contributed by atoms with E-state index in [9.17, 15) is 0 Å². The Balaban J connectivity index is 2.41. The number of rotatable bonds is 2. The van der Waals surface area contributed by atoms with E-state index in [2.05, 4.69) is 31.7 Å². The quantitative estimate of drug-likeness (QED) is 0.622. The number of amidine groups is 1. The number of nitrogens with zero attached hydrogens (tertiary/aromatic N) is 1. The summed E-state index contributed by atoms with van der Waals surface area (Å²) in [6.07, 6.45) is 2.48. The normalized spacial score (nSPS) is 18.7. The first-order chi connectivity index (χ1) is 8.41. The van der Waals surface area contributed by atoms with Crippen LogP contribution in [0.2, 0.25) is 0 Å². The standard InChI is InChI=1S/C15H23N3/c1-11-6-4-7-12(14(16)17)13(11)18-9-5-8-15(2,3)10-18/h4,6-7H,5,8-10H2,1-3H3,(H3,16,17). The Morgan fingerprint density at radius 2 is 2.11 bits per heavy atom. The smallest absolute Gasteiger partial charge is 0.124 e. The van der Waals surface area contributed by atoms with Crippen LogP contribution in [0.5, 0.6) is 0 Å². The maximum atomic E-state index is 7.74. The molecule has 0 aromatic heterocycles. The molecular formula is C15H23N3. The zero-order chi connectivity index (χ0) is 13.3. The van der Waals surface area contributed by atoms with Crippen molar-refractivity contribution < 1.29 is 0 Å². The van der Waals surface area contributed by atoms with Gasteiger partial charge < -0.3 is 10.6 Å². The number of benzene rings is 1. The summed E-state index contributed by atoms with van der Waals surface area (Å²) in [4.78, 5) is 2.40. The third-order valence-corrected chi connectivity index (χ3v) is 3.74. The van der Waals surface area contributed by atoms with Gasteiger partial charge in [0.2, 0.25) is 0 Å². The first-order valence-corrected chi connectivity index (χ1v) is 6.60. The van der Waals surface area contributed by atoms with Crippen LogP contribution in [0.15, 0.2) is 18.2 Å². The van der Waals surface area contributed by atoms with Gasteiger partial charge in [0, 0.05) is 18.7 Å². The van der Waals surface area contributed by atoms with Crippen molar-refractivity contribution in [1.29, 1.82) is 5.41 Å². The number of para-hydroxylation sites is 1. The van der Waals surface area contributed by atoms with Crippen molar-refractivity contribution >= 4 is 11.5 Å². The summed E-state index contributed by atoms with van der Waals surface area (Å²) >= 11 is 0. The summed E-state index contributed by atoms with van der Waals surface area (Å²) in [5.74, 6) is 0.164. The molecule has 1 fully saturated rings. The predicted octanol–water partition coefficient (Wildman–Crippen LogP) is 2.91. The Hall–Kier alpha value is -1.51. The van der Waals surface area contributed by atoms with E-state index in [-0.39, 0.29) is 5.84 Å². The fourth-order valence-electron chi connectivity index (χ4n) is 2.91. The highest BCUT2D eigenvalue weighted by molar-refractivity contribution is 6.01. The molecule has 0 atom stereocenters.